The predicted octanol–water partition coefficient (Wildman–Crippen LogP) is 1.82. The van der Waals surface area contributed by atoms with Crippen LogP contribution >= 0.6 is 0 Å². The van der Waals surface area contributed by atoms with Crippen LogP contribution < -0.4 is 5.32 Å². The number of hydrogen-bond acceptors (Lipinski definition) is 3. The summed E-state index contributed by atoms with van der Waals surface area (Å²) in [6.45, 7) is 11.5. The molecule has 0 aromatic heterocycles. The summed E-state index contributed by atoms with van der Waals surface area (Å²) in [4.78, 5) is 0. The number of rotatable bonds is 4. The molecule has 98 valence electrons. The fourth-order valence-corrected chi connectivity index (χ4v) is 1.76. The Kier molecular flexibility index (Phi) is 5.97. The molecule has 1 N–H and O–H groups in total. The summed E-state index contributed by atoms with van der Waals surface area (Å²) in [5.74, 6) is 6.52. The molecule has 1 saturated heterocycles. The first-order valence-corrected chi connectivity index (χ1v) is 6.45. The molecule has 1 aliphatic heterocycles. The highest BCUT2D eigenvalue weighted by Crippen LogP contribution is 2.12. The molecule has 0 amide bonds. The normalized spacial score (nSPS) is 22.7. The molecule has 1 heterocycles. The number of hydrogen-bond donors (Lipinski definition) is 1. The van der Waals surface area contributed by atoms with Gasteiger partial charge in [0, 0.05) is 17.9 Å². The maximum Gasteiger partial charge on any atom is 0.0971 e. The third kappa shape index (κ3) is 6.07. The molecule has 0 bridgehead atoms. The van der Waals surface area contributed by atoms with Crippen molar-refractivity contribution in [1.82, 2.24) is 5.32 Å². The second kappa shape index (κ2) is 7.00. The van der Waals surface area contributed by atoms with Crippen LogP contribution in [0.3, 0.4) is 0 Å². The van der Waals surface area contributed by atoms with Gasteiger partial charge >= 0.3 is 0 Å². The van der Waals surface area contributed by atoms with E-state index in [1.807, 2.05) is 0 Å². The third-order valence-electron chi connectivity index (χ3n) is 2.54. The summed E-state index contributed by atoms with van der Waals surface area (Å²) in [5.41, 5.74) is 0.0701. The Morgan fingerprint density at radius 3 is 2.65 bits per heavy atom. The lowest BCUT2D eigenvalue weighted by Gasteiger charge is -2.30. The molecule has 0 aromatic carbocycles. The molecule has 1 aliphatic rings. The van der Waals surface area contributed by atoms with Gasteiger partial charge in [0.2, 0.25) is 0 Å². The van der Waals surface area contributed by atoms with E-state index >= 15 is 0 Å². The van der Waals surface area contributed by atoms with Crippen LogP contribution in [-0.4, -0.2) is 38.5 Å². The molecule has 1 fully saturated rings. The summed E-state index contributed by atoms with van der Waals surface area (Å²) < 4.78 is 11.2. The molecule has 0 aromatic rings. The van der Waals surface area contributed by atoms with Gasteiger partial charge in [-0.1, -0.05) is 12.8 Å². The molecule has 2 unspecified atom stereocenters. The summed E-state index contributed by atoms with van der Waals surface area (Å²) in [5, 5.41) is 3.43. The summed E-state index contributed by atoms with van der Waals surface area (Å²) in [6, 6.07) is 0.273. The fourth-order valence-electron chi connectivity index (χ4n) is 1.76. The van der Waals surface area contributed by atoms with Crippen molar-refractivity contribution in [3.8, 4) is 11.8 Å². The highest BCUT2D eigenvalue weighted by molar-refractivity contribution is 5.09. The topological polar surface area (TPSA) is 30.5 Å². The van der Waals surface area contributed by atoms with Crippen LogP contribution in [0.25, 0.3) is 0 Å². The smallest absolute Gasteiger partial charge is 0.0971 e. The van der Waals surface area contributed by atoms with Crippen molar-refractivity contribution in [2.45, 2.75) is 46.3 Å². The third-order valence-corrected chi connectivity index (χ3v) is 2.54. The van der Waals surface area contributed by atoms with Gasteiger partial charge in [0.15, 0.2) is 0 Å². The summed E-state index contributed by atoms with van der Waals surface area (Å²) >= 11 is 0. The van der Waals surface area contributed by atoms with Gasteiger partial charge < -0.3 is 14.8 Å². The van der Waals surface area contributed by atoms with Crippen LogP contribution in [0, 0.1) is 17.3 Å². The van der Waals surface area contributed by atoms with E-state index in [4.69, 9.17) is 9.47 Å². The largest absolute Gasteiger partial charge is 0.376 e. The van der Waals surface area contributed by atoms with Gasteiger partial charge in [-0.15, -0.1) is 5.92 Å². The molecule has 2 atom stereocenters. The van der Waals surface area contributed by atoms with E-state index in [0.29, 0.717) is 19.8 Å². The molecular weight excluding hydrogens is 214 g/mol. The lowest BCUT2D eigenvalue weighted by Crippen LogP contribution is -2.46. The lowest BCUT2D eigenvalue weighted by atomic mass is 9.97. The van der Waals surface area contributed by atoms with Crippen molar-refractivity contribution in [3.63, 3.8) is 0 Å². The van der Waals surface area contributed by atoms with Crippen LogP contribution in [-0.2, 0) is 9.47 Å². The predicted molar refractivity (Wildman–Crippen MR) is 69.9 cm³/mol. The molecule has 3 nitrogen and oxygen atoms in total. The second-order valence-corrected chi connectivity index (χ2v) is 5.40. The van der Waals surface area contributed by atoms with E-state index in [0.717, 1.165) is 13.0 Å². The summed E-state index contributed by atoms with van der Waals surface area (Å²) in [7, 11) is 0. The van der Waals surface area contributed by atoms with Crippen molar-refractivity contribution >= 4 is 0 Å². The number of ether oxygens (including phenoxy) is 2. The zero-order chi connectivity index (χ0) is 12.7. The molecular formula is C14H25NO2. The van der Waals surface area contributed by atoms with Crippen LogP contribution in [0.5, 0.6) is 0 Å². The maximum absolute atomic E-state index is 5.72. The Hall–Kier alpha value is -0.560. The molecule has 0 aliphatic carbocycles. The van der Waals surface area contributed by atoms with Crippen molar-refractivity contribution in [2.24, 2.45) is 5.41 Å². The van der Waals surface area contributed by atoms with E-state index in [9.17, 15) is 0 Å². The van der Waals surface area contributed by atoms with E-state index in [1.165, 1.54) is 0 Å². The molecule has 0 saturated carbocycles. The van der Waals surface area contributed by atoms with Gasteiger partial charge in [-0.05, 0) is 27.3 Å². The SMILES string of the molecule is CCNC(CC#CC(C)(C)C)C1COCCO1. The number of likely N-dealkylation sites (N-methyl/N-ethyl adjacent to an activating group) is 1. The first kappa shape index (κ1) is 14.5. The average Bonchev–Trinajstić information content (AvgIpc) is 2.27. The molecule has 17 heavy (non-hydrogen) atoms. The van der Waals surface area contributed by atoms with E-state index in [-0.39, 0.29) is 17.6 Å². The minimum atomic E-state index is 0.0701. The average molecular weight is 239 g/mol. The maximum atomic E-state index is 5.72. The molecule has 0 radical (unpaired) electrons. The van der Waals surface area contributed by atoms with Gasteiger partial charge in [-0.2, -0.15) is 0 Å². The minimum Gasteiger partial charge on any atom is -0.376 e. The van der Waals surface area contributed by atoms with Crippen molar-refractivity contribution in [2.75, 3.05) is 26.4 Å². The highest BCUT2D eigenvalue weighted by Gasteiger charge is 2.23. The van der Waals surface area contributed by atoms with Crippen molar-refractivity contribution in [1.29, 1.82) is 0 Å². The molecule has 0 spiro atoms. The van der Waals surface area contributed by atoms with E-state index in [1.54, 1.807) is 0 Å². The first-order chi connectivity index (χ1) is 8.03. The van der Waals surface area contributed by atoms with Gasteiger partial charge in [-0.25, -0.2) is 0 Å². The van der Waals surface area contributed by atoms with Gasteiger partial charge in [0.25, 0.3) is 0 Å². The van der Waals surface area contributed by atoms with Gasteiger partial charge in [0.1, 0.15) is 0 Å². The van der Waals surface area contributed by atoms with Crippen molar-refractivity contribution < 1.29 is 9.47 Å². The van der Waals surface area contributed by atoms with Gasteiger partial charge in [0.05, 0.1) is 25.9 Å². The Morgan fingerprint density at radius 2 is 2.12 bits per heavy atom. The monoisotopic (exact) mass is 239 g/mol. The van der Waals surface area contributed by atoms with Crippen LogP contribution in [0.15, 0.2) is 0 Å². The lowest BCUT2D eigenvalue weighted by molar-refractivity contribution is -0.100. The Balaban J connectivity index is 2.49. The molecule has 1 rings (SSSR count). The number of nitrogens with one attached hydrogen (secondary N) is 1. The zero-order valence-electron chi connectivity index (χ0n) is 11.5. The van der Waals surface area contributed by atoms with Crippen LogP contribution in [0.2, 0.25) is 0 Å². The standard InChI is InChI=1S/C14H25NO2/c1-5-15-12(7-6-8-14(2,3)4)13-11-16-9-10-17-13/h12-13,15H,5,7,9-11H2,1-4H3. The highest BCUT2D eigenvalue weighted by atomic mass is 16.6. The minimum absolute atomic E-state index is 0.0701. The van der Waals surface area contributed by atoms with Crippen molar-refractivity contribution in [3.05, 3.63) is 0 Å². The van der Waals surface area contributed by atoms with Gasteiger partial charge in [-0.3, -0.25) is 0 Å². The van der Waals surface area contributed by atoms with Crippen LogP contribution in [0.1, 0.15) is 34.1 Å². The van der Waals surface area contributed by atoms with E-state index in [2.05, 4.69) is 44.9 Å². The quantitative estimate of drug-likeness (QED) is 0.759. The second-order valence-electron chi connectivity index (χ2n) is 5.40. The Bertz CT molecular complexity index is 266. The van der Waals surface area contributed by atoms with Crippen LogP contribution in [0.4, 0.5) is 0 Å². The molecule has 3 heteroatoms. The first-order valence-electron chi connectivity index (χ1n) is 6.45. The summed E-state index contributed by atoms with van der Waals surface area (Å²) in [6.07, 6.45) is 0.956. The Morgan fingerprint density at radius 1 is 1.35 bits per heavy atom. The van der Waals surface area contributed by atoms with E-state index < -0.39 is 0 Å². The fraction of sp³-hybridized carbons (Fsp3) is 0.857. The zero-order valence-corrected chi connectivity index (χ0v) is 11.5. The Labute approximate surface area is 105 Å².